The lowest BCUT2D eigenvalue weighted by Crippen LogP contribution is -2.10. The minimum Gasteiger partial charge on any atom is -0.495 e. The van der Waals surface area contributed by atoms with Crippen LogP contribution in [0.25, 0.3) is 0 Å². The van der Waals surface area contributed by atoms with E-state index < -0.39 is 4.92 Å². The van der Waals surface area contributed by atoms with Crippen LogP contribution in [0.5, 0.6) is 11.5 Å². The number of non-ortho nitro benzene ring substituents is 1. The van der Waals surface area contributed by atoms with Gasteiger partial charge < -0.3 is 26.4 Å². The Bertz CT molecular complexity index is 1100. The van der Waals surface area contributed by atoms with E-state index in [9.17, 15) is 10.1 Å². The molecule has 0 fully saturated rings. The zero-order valence-electron chi connectivity index (χ0n) is 26.1. The SMILES string of the molecule is CCCC.CCCC(C)CC.COc1cc(NNc2ccc(C)cc2)c(OC)cc1N.Nc1ccc([N+](=O)[O-])cc1. The first-order valence-corrected chi connectivity index (χ1v) is 14.2. The van der Waals surface area contributed by atoms with E-state index in [1.807, 2.05) is 31.2 Å². The number of aryl methyl sites for hydroxylation is 1. The predicted molar refractivity (Wildman–Crippen MR) is 175 cm³/mol. The van der Waals surface area contributed by atoms with Crippen LogP contribution in [0.1, 0.15) is 72.3 Å². The topological polar surface area (TPSA) is 138 Å². The molecule has 0 aliphatic heterocycles. The highest BCUT2D eigenvalue weighted by Crippen LogP contribution is 2.34. The molecule has 1 unspecified atom stereocenters. The molecule has 0 saturated carbocycles. The quantitative estimate of drug-likeness (QED) is 0.108. The van der Waals surface area contributed by atoms with Gasteiger partial charge in [-0.15, -0.1) is 0 Å². The maximum atomic E-state index is 10.1. The summed E-state index contributed by atoms with van der Waals surface area (Å²) in [5.41, 5.74) is 21.4. The molecule has 3 aromatic rings. The van der Waals surface area contributed by atoms with Crippen molar-refractivity contribution in [2.75, 3.05) is 36.5 Å². The number of nitro benzene ring substituents is 1. The van der Waals surface area contributed by atoms with Crippen molar-refractivity contribution in [2.45, 2.75) is 73.6 Å². The Hall–Kier alpha value is -4.14. The third-order valence-electron chi connectivity index (χ3n) is 6.03. The van der Waals surface area contributed by atoms with Gasteiger partial charge in [-0.05, 0) is 37.1 Å². The van der Waals surface area contributed by atoms with E-state index in [2.05, 4.69) is 45.5 Å². The van der Waals surface area contributed by atoms with Crippen molar-refractivity contribution in [2.24, 2.45) is 5.92 Å². The minimum atomic E-state index is -0.459. The van der Waals surface area contributed by atoms with Gasteiger partial charge in [0, 0.05) is 30.0 Å². The number of hydrogen-bond donors (Lipinski definition) is 4. The smallest absolute Gasteiger partial charge is 0.269 e. The van der Waals surface area contributed by atoms with Gasteiger partial charge in [0.2, 0.25) is 0 Å². The average Bonchev–Trinajstić information content (AvgIpc) is 2.98. The van der Waals surface area contributed by atoms with Crippen LogP contribution in [0, 0.1) is 23.0 Å². The van der Waals surface area contributed by atoms with Crippen molar-refractivity contribution in [3.05, 3.63) is 76.3 Å². The monoisotopic (exact) mass is 569 g/mol. The molecular weight excluding hydrogens is 518 g/mol. The standard InChI is InChI=1S/C15H19N3O2.C7H16.C6H6N2O2.C4H10/c1-10-4-6-11(7-5-10)17-18-13-9-14(19-2)12(16)8-15(13)20-3;1-4-6-7(3)5-2;7-5-1-3-6(4-2-5)8(9)10;1-3-4-2/h4-9,17-18H,16H2,1-3H3;7H,4-6H2,1-3H3;1-4H,7H2;3-4H2,1-2H3. The van der Waals surface area contributed by atoms with Crippen molar-refractivity contribution >= 4 is 28.4 Å². The fourth-order valence-corrected chi connectivity index (χ4v) is 3.09. The molecule has 0 saturated heterocycles. The molecule has 9 heteroatoms. The Morgan fingerprint density at radius 3 is 1.80 bits per heavy atom. The number of methoxy groups -OCH3 is 2. The van der Waals surface area contributed by atoms with Crippen LogP contribution < -0.4 is 31.8 Å². The predicted octanol–water partition coefficient (Wildman–Crippen LogP) is 8.85. The number of nitrogens with zero attached hydrogens (tertiary/aromatic N) is 1. The van der Waals surface area contributed by atoms with Crippen molar-refractivity contribution < 1.29 is 14.4 Å². The first-order valence-electron chi connectivity index (χ1n) is 14.2. The van der Waals surface area contributed by atoms with Gasteiger partial charge in [-0.3, -0.25) is 15.5 Å². The number of unbranched alkanes of at least 4 members (excludes halogenated alkanes) is 1. The van der Waals surface area contributed by atoms with Crippen LogP contribution in [0.15, 0.2) is 60.7 Å². The normalized spacial score (nSPS) is 10.2. The summed E-state index contributed by atoms with van der Waals surface area (Å²) in [4.78, 5) is 9.62. The Labute approximate surface area is 246 Å². The number of nitrogens with one attached hydrogen (secondary N) is 2. The fourth-order valence-electron chi connectivity index (χ4n) is 3.09. The van der Waals surface area contributed by atoms with Gasteiger partial charge in [-0.25, -0.2) is 0 Å². The van der Waals surface area contributed by atoms with E-state index in [1.54, 1.807) is 26.4 Å². The summed E-state index contributed by atoms with van der Waals surface area (Å²) in [7, 11) is 3.17. The van der Waals surface area contributed by atoms with E-state index in [0.29, 0.717) is 22.9 Å². The molecule has 0 radical (unpaired) electrons. The summed E-state index contributed by atoms with van der Waals surface area (Å²) in [5.74, 6) is 2.19. The van der Waals surface area contributed by atoms with Gasteiger partial charge in [0.15, 0.2) is 0 Å². The summed E-state index contributed by atoms with van der Waals surface area (Å²) in [6.07, 6.45) is 6.72. The average molecular weight is 570 g/mol. The summed E-state index contributed by atoms with van der Waals surface area (Å²) in [6.45, 7) is 13.2. The second-order valence-corrected chi connectivity index (χ2v) is 9.56. The van der Waals surface area contributed by atoms with Crippen molar-refractivity contribution in [1.82, 2.24) is 0 Å². The van der Waals surface area contributed by atoms with E-state index in [0.717, 1.165) is 17.3 Å². The number of rotatable bonds is 10. The van der Waals surface area contributed by atoms with Gasteiger partial charge >= 0.3 is 0 Å². The molecular formula is C32H51N5O4. The first kappa shape index (κ1) is 36.9. The molecule has 9 nitrogen and oxygen atoms in total. The number of anilines is 4. The van der Waals surface area contributed by atoms with Crippen LogP contribution in [0.4, 0.5) is 28.4 Å². The molecule has 0 aliphatic carbocycles. The third kappa shape index (κ3) is 15.9. The molecule has 0 spiro atoms. The Morgan fingerprint density at radius 2 is 1.39 bits per heavy atom. The molecule has 0 aliphatic rings. The summed E-state index contributed by atoms with van der Waals surface area (Å²) in [5, 5.41) is 10.1. The Morgan fingerprint density at radius 1 is 0.829 bits per heavy atom. The molecule has 0 aromatic heterocycles. The van der Waals surface area contributed by atoms with Gasteiger partial charge in [0.25, 0.3) is 5.69 Å². The molecule has 228 valence electrons. The number of hydrazine groups is 1. The van der Waals surface area contributed by atoms with Crippen molar-refractivity contribution in [3.63, 3.8) is 0 Å². The summed E-state index contributed by atoms with van der Waals surface area (Å²) in [6, 6.07) is 17.3. The van der Waals surface area contributed by atoms with Crippen LogP contribution >= 0.6 is 0 Å². The van der Waals surface area contributed by atoms with Gasteiger partial charge in [0.1, 0.15) is 11.5 Å². The third-order valence-corrected chi connectivity index (χ3v) is 6.03. The van der Waals surface area contributed by atoms with Crippen LogP contribution in [0.3, 0.4) is 0 Å². The van der Waals surface area contributed by atoms with Gasteiger partial charge in [-0.1, -0.05) is 84.4 Å². The highest BCUT2D eigenvalue weighted by Gasteiger charge is 2.09. The molecule has 3 aromatic carbocycles. The maximum Gasteiger partial charge on any atom is 0.269 e. The number of nitrogen functional groups attached to an aromatic ring is 2. The van der Waals surface area contributed by atoms with E-state index in [1.165, 1.54) is 61.9 Å². The lowest BCUT2D eigenvalue weighted by Gasteiger charge is -2.15. The number of hydrogen-bond acceptors (Lipinski definition) is 8. The summed E-state index contributed by atoms with van der Waals surface area (Å²) >= 11 is 0. The van der Waals surface area contributed by atoms with Gasteiger partial charge in [0.05, 0.1) is 36.2 Å². The largest absolute Gasteiger partial charge is 0.495 e. The molecule has 6 N–H and O–H groups in total. The zero-order valence-corrected chi connectivity index (χ0v) is 26.1. The molecule has 3 rings (SSSR count). The second-order valence-electron chi connectivity index (χ2n) is 9.56. The highest BCUT2D eigenvalue weighted by atomic mass is 16.6. The van der Waals surface area contributed by atoms with Crippen LogP contribution in [-0.4, -0.2) is 19.1 Å². The van der Waals surface area contributed by atoms with Crippen LogP contribution in [0.2, 0.25) is 0 Å². The molecule has 0 bridgehead atoms. The molecule has 0 amide bonds. The lowest BCUT2D eigenvalue weighted by atomic mass is 10.0. The Balaban J connectivity index is 0.000000632. The Kier molecular flexibility index (Phi) is 19.5. The maximum absolute atomic E-state index is 10.1. The van der Waals surface area contributed by atoms with Gasteiger partial charge in [-0.2, -0.15) is 0 Å². The van der Waals surface area contributed by atoms with Crippen molar-refractivity contribution in [1.29, 1.82) is 0 Å². The van der Waals surface area contributed by atoms with E-state index in [-0.39, 0.29) is 5.69 Å². The molecule has 0 heterocycles. The van der Waals surface area contributed by atoms with E-state index in [4.69, 9.17) is 20.9 Å². The van der Waals surface area contributed by atoms with Crippen LogP contribution in [-0.2, 0) is 0 Å². The highest BCUT2D eigenvalue weighted by molar-refractivity contribution is 5.70. The van der Waals surface area contributed by atoms with Crippen molar-refractivity contribution in [3.8, 4) is 11.5 Å². The number of ether oxygens (including phenoxy) is 2. The molecule has 1 atom stereocenters. The zero-order chi connectivity index (χ0) is 31.2. The molecule has 41 heavy (non-hydrogen) atoms. The van der Waals surface area contributed by atoms with E-state index >= 15 is 0 Å². The number of nitro groups is 1. The number of nitrogens with two attached hydrogens (primary N) is 2. The number of benzene rings is 3. The fraction of sp³-hybridized carbons (Fsp3) is 0.438. The minimum absolute atomic E-state index is 0.0641. The first-order chi connectivity index (χ1) is 19.6. The summed E-state index contributed by atoms with van der Waals surface area (Å²) < 4.78 is 10.5. The second kappa shape index (κ2) is 21.7. The lowest BCUT2D eigenvalue weighted by molar-refractivity contribution is -0.384.